The molecule has 0 radical (unpaired) electrons. The van der Waals surface area contributed by atoms with E-state index in [1.165, 1.54) is 20.3 Å². The maximum absolute atomic E-state index is 10.4. The molecule has 0 aliphatic heterocycles. The van der Waals surface area contributed by atoms with Crippen molar-refractivity contribution in [3.8, 4) is 0 Å². The van der Waals surface area contributed by atoms with Crippen LogP contribution in [0.25, 0.3) is 0 Å². The Balaban J connectivity index is 3.80. The van der Waals surface area contributed by atoms with E-state index >= 15 is 0 Å². The first-order valence-corrected chi connectivity index (χ1v) is 3.15. The zero-order valence-electron chi connectivity index (χ0n) is 4.77. The highest BCUT2D eigenvalue weighted by molar-refractivity contribution is 14.1. The zero-order chi connectivity index (χ0) is 6.57. The fourth-order valence-electron chi connectivity index (χ4n) is 0.186. The maximum atomic E-state index is 10.4. The molecular weight excluding hydrogens is 219 g/mol. The molecule has 46 valence electrons. The van der Waals surface area contributed by atoms with Crippen molar-refractivity contribution in [2.75, 3.05) is 7.11 Å². The van der Waals surface area contributed by atoms with Gasteiger partial charge in [-0.25, -0.2) is 0 Å². The molecular formula is C5H7IO2. The van der Waals surface area contributed by atoms with E-state index in [0.717, 1.165) is 0 Å². The van der Waals surface area contributed by atoms with Crippen LogP contribution in [-0.2, 0) is 9.53 Å². The molecule has 0 saturated carbocycles. The van der Waals surface area contributed by atoms with Gasteiger partial charge in [-0.15, -0.1) is 0 Å². The number of carbonyl (C=O) groups excluding carboxylic acids is 1. The minimum Gasteiger partial charge on any atom is -0.503 e. The van der Waals surface area contributed by atoms with Gasteiger partial charge >= 0.3 is 0 Å². The van der Waals surface area contributed by atoms with Crippen LogP contribution in [0.5, 0.6) is 0 Å². The second kappa shape index (κ2) is 3.88. The molecule has 0 fully saturated rings. The Kier molecular flexibility index (Phi) is 3.85. The summed E-state index contributed by atoms with van der Waals surface area (Å²) in [6.07, 6.45) is 1.42. The van der Waals surface area contributed by atoms with Gasteiger partial charge in [0.25, 0.3) is 0 Å². The summed E-state index contributed by atoms with van der Waals surface area (Å²) in [4.78, 5) is 10.4. The fourth-order valence-corrected chi connectivity index (χ4v) is 0.441. The van der Waals surface area contributed by atoms with Crippen LogP contribution in [-0.4, -0.2) is 12.9 Å². The molecule has 0 aromatic carbocycles. The highest BCUT2D eigenvalue weighted by Crippen LogP contribution is 2.05. The number of ketones is 1. The van der Waals surface area contributed by atoms with Crippen LogP contribution in [0, 0.1) is 0 Å². The number of hydrogen-bond acceptors (Lipinski definition) is 2. The highest BCUT2D eigenvalue weighted by Gasteiger charge is 1.94. The second-order valence-corrected chi connectivity index (χ2v) is 2.42. The van der Waals surface area contributed by atoms with Crippen molar-refractivity contribution in [3.05, 3.63) is 9.84 Å². The Labute approximate surface area is 62.0 Å². The largest absolute Gasteiger partial charge is 0.503 e. The van der Waals surface area contributed by atoms with E-state index in [9.17, 15) is 4.79 Å². The van der Waals surface area contributed by atoms with Gasteiger partial charge in [0.15, 0.2) is 5.78 Å². The van der Waals surface area contributed by atoms with Crippen molar-refractivity contribution < 1.29 is 9.53 Å². The molecule has 0 bridgehead atoms. The van der Waals surface area contributed by atoms with E-state index in [0.29, 0.717) is 3.58 Å². The summed E-state index contributed by atoms with van der Waals surface area (Å²) in [5.41, 5.74) is 0. The van der Waals surface area contributed by atoms with E-state index in [1.54, 1.807) is 0 Å². The van der Waals surface area contributed by atoms with Crippen LogP contribution in [0.3, 0.4) is 0 Å². The first kappa shape index (κ1) is 7.94. The van der Waals surface area contributed by atoms with Gasteiger partial charge in [-0.05, 0) is 29.5 Å². The lowest BCUT2D eigenvalue weighted by atomic mass is 10.4. The molecule has 0 N–H and O–H groups in total. The summed E-state index contributed by atoms with van der Waals surface area (Å²) in [6, 6.07) is 0. The summed E-state index contributed by atoms with van der Waals surface area (Å²) in [6.45, 7) is 1.50. The quantitative estimate of drug-likeness (QED) is 0.405. The molecule has 0 amide bonds. The molecule has 0 rings (SSSR count). The Morgan fingerprint density at radius 2 is 2.25 bits per heavy atom. The average Bonchev–Trinajstić information content (AvgIpc) is 1.67. The lowest BCUT2D eigenvalue weighted by molar-refractivity contribution is -0.112. The first-order valence-electron chi connectivity index (χ1n) is 2.08. The number of allylic oxidation sites excluding steroid dienone is 1. The van der Waals surface area contributed by atoms with Gasteiger partial charge in [-0.1, -0.05) is 0 Å². The topological polar surface area (TPSA) is 26.3 Å². The molecule has 0 aromatic rings. The molecule has 8 heavy (non-hydrogen) atoms. The molecule has 0 atom stereocenters. The number of hydrogen-bond donors (Lipinski definition) is 0. The van der Waals surface area contributed by atoms with E-state index < -0.39 is 0 Å². The Morgan fingerprint density at radius 3 is 2.38 bits per heavy atom. The van der Waals surface area contributed by atoms with E-state index in [2.05, 4.69) is 4.74 Å². The number of Topliss-reactive ketones (excluding diaryl/α,β-unsaturated/α-hetero) is 1. The Bertz CT molecular complexity index is 118. The predicted molar refractivity (Wildman–Crippen MR) is 39.8 cm³/mol. The van der Waals surface area contributed by atoms with Crippen molar-refractivity contribution in [2.45, 2.75) is 6.92 Å². The van der Waals surface area contributed by atoms with Crippen LogP contribution in [0.2, 0.25) is 0 Å². The minimum absolute atomic E-state index is 0.0347. The van der Waals surface area contributed by atoms with E-state index in [4.69, 9.17) is 0 Å². The van der Waals surface area contributed by atoms with Gasteiger partial charge in [0.2, 0.25) is 0 Å². The first-order chi connectivity index (χ1) is 3.68. The number of halogens is 1. The number of carbonyl (C=O) groups is 1. The molecule has 0 heterocycles. The van der Waals surface area contributed by atoms with Gasteiger partial charge in [0.05, 0.1) is 17.0 Å². The highest BCUT2D eigenvalue weighted by atomic mass is 127. The van der Waals surface area contributed by atoms with Crippen molar-refractivity contribution in [3.63, 3.8) is 0 Å². The van der Waals surface area contributed by atoms with Gasteiger partial charge < -0.3 is 4.74 Å². The third-order valence-corrected chi connectivity index (χ3v) is 1.57. The molecule has 0 saturated heterocycles. The standard InChI is InChI=1S/C5H7IO2/c1-4(7)5(6)3-8-2/h3H,1-2H3/b5-3-. The van der Waals surface area contributed by atoms with Crippen LogP contribution in [0.1, 0.15) is 6.92 Å². The molecule has 0 unspecified atom stereocenters. The summed E-state index contributed by atoms with van der Waals surface area (Å²) in [5.74, 6) is 0.0347. The third-order valence-electron chi connectivity index (χ3n) is 0.558. The maximum Gasteiger partial charge on any atom is 0.168 e. The van der Waals surface area contributed by atoms with Crippen molar-refractivity contribution >= 4 is 28.4 Å². The monoisotopic (exact) mass is 226 g/mol. The molecule has 0 aromatic heterocycles. The van der Waals surface area contributed by atoms with Crippen molar-refractivity contribution in [1.82, 2.24) is 0 Å². The van der Waals surface area contributed by atoms with E-state index in [-0.39, 0.29) is 5.78 Å². The van der Waals surface area contributed by atoms with Crippen molar-refractivity contribution in [2.24, 2.45) is 0 Å². The summed E-state index contributed by atoms with van der Waals surface area (Å²) < 4.78 is 5.19. The smallest absolute Gasteiger partial charge is 0.168 e. The van der Waals surface area contributed by atoms with Crippen LogP contribution in [0.15, 0.2) is 9.84 Å². The van der Waals surface area contributed by atoms with Crippen LogP contribution in [0.4, 0.5) is 0 Å². The molecule has 0 aliphatic rings. The van der Waals surface area contributed by atoms with Crippen molar-refractivity contribution in [1.29, 1.82) is 0 Å². The summed E-state index contributed by atoms with van der Waals surface area (Å²) >= 11 is 1.92. The SMILES string of the molecule is CO/C=C(\I)C(C)=O. The van der Waals surface area contributed by atoms with E-state index in [1.807, 2.05) is 22.6 Å². The normalized spacial score (nSPS) is 11.1. The molecule has 3 heteroatoms. The number of ether oxygens (including phenoxy) is 1. The zero-order valence-corrected chi connectivity index (χ0v) is 6.93. The molecule has 2 nitrogen and oxygen atoms in total. The summed E-state index contributed by atoms with van der Waals surface area (Å²) in [7, 11) is 1.52. The lowest BCUT2D eigenvalue weighted by Crippen LogP contribution is -1.87. The van der Waals surface area contributed by atoms with Gasteiger partial charge in [-0.2, -0.15) is 0 Å². The summed E-state index contributed by atoms with van der Waals surface area (Å²) in [5, 5.41) is 0. The van der Waals surface area contributed by atoms with Gasteiger partial charge in [0.1, 0.15) is 0 Å². The van der Waals surface area contributed by atoms with Crippen LogP contribution >= 0.6 is 22.6 Å². The second-order valence-electron chi connectivity index (χ2n) is 1.26. The third kappa shape index (κ3) is 3.01. The van der Waals surface area contributed by atoms with Gasteiger partial charge in [0, 0.05) is 0 Å². The van der Waals surface area contributed by atoms with Crippen LogP contribution < -0.4 is 0 Å². The van der Waals surface area contributed by atoms with Gasteiger partial charge in [-0.3, -0.25) is 4.79 Å². The molecule has 0 aliphatic carbocycles. The fraction of sp³-hybridized carbons (Fsp3) is 0.400. The Hall–Kier alpha value is -0.0600. The minimum atomic E-state index is 0.0347. The predicted octanol–water partition coefficient (Wildman–Crippen LogP) is 1.50. The molecule has 0 spiro atoms. The lowest BCUT2D eigenvalue weighted by Gasteiger charge is -1.88. The average molecular weight is 226 g/mol. The number of rotatable bonds is 2. The number of methoxy groups -OCH3 is 1. The Morgan fingerprint density at radius 1 is 1.75 bits per heavy atom.